The van der Waals surface area contributed by atoms with Gasteiger partial charge in [0.1, 0.15) is 11.8 Å². The third-order valence-corrected chi connectivity index (χ3v) is 6.91. The second-order valence-corrected chi connectivity index (χ2v) is 12.2. The summed E-state index contributed by atoms with van der Waals surface area (Å²) in [6, 6.07) is 13.3. The maximum absolute atomic E-state index is 13.4. The molecular formula is C27H38ClN3O5S. The van der Waals surface area contributed by atoms with Gasteiger partial charge in [0, 0.05) is 30.1 Å². The van der Waals surface area contributed by atoms with Crippen molar-refractivity contribution in [1.82, 2.24) is 10.2 Å². The molecule has 0 heterocycles. The molecule has 8 nitrogen and oxygen atoms in total. The highest BCUT2D eigenvalue weighted by atomic mass is 35.5. The number of carbonyl (C=O) groups excluding carboxylic acids is 2. The molecular weight excluding hydrogens is 514 g/mol. The van der Waals surface area contributed by atoms with E-state index in [0.29, 0.717) is 23.1 Å². The van der Waals surface area contributed by atoms with Gasteiger partial charge in [0.05, 0.1) is 18.6 Å². The fourth-order valence-corrected chi connectivity index (χ4v) is 4.99. The molecule has 0 bridgehead atoms. The van der Waals surface area contributed by atoms with Crippen LogP contribution in [0.15, 0.2) is 48.5 Å². The first-order valence-electron chi connectivity index (χ1n) is 12.3. The zero-order valence-corrected chi connectivity index (χ0v) is 24.0. The molecule has 1 atom stereocenters. The fourth-order valence-electron chi connectivity index (χ4n) is 3.81. The van der Waals surface area contributed by atoms with Gasteiger partial charge in [0.25, 0.3) is 0 Å². The second kappa shape index (κ2) is 13.1. The number of amides is 2. The summed E-state index contributed by atoms with van der Waals surface area (Å²) in [5.74, 6) is -0.0776. The van der Waals surface area contributed by atoms with Gasteiger partial charge in [-0.25, -0.2) is 8.42 Å². The number of halogens is 1. The zero-order chi connectivity index (χ0) is 27.8. The number of rotatable bonds is 12. The smallest absolute Gasteiger partial charge is 0.242 e. The lowest BCUT2D eigenvalue weighted by molar-refractivity contribution is -0.141. The average molecular weight is 552 g/mol. The summed E-state index contributed by atoms with van der Waals surface area (Å²) in [4.78, 5) is 27.8. The number of nitrogens with zero attached hydrogens (tertiary/aromatic N) is 2. The van der Waals surface area contributed by atoms with Crippen molar-refractivity contribution in [2.75, 3.05) is 23.7 Å². The second-order valence-electron chi connectivity index (χ2n) is 9.91. The van der Waals surface area contributed by atoms with Crippen LogP contribution in [0.2, 0.25) is 5.02 Å². The molecule has 10 heteroatoms. The van der Waals surface area contributed by atoms with Gasteiger partial charge in [0.15, 0.2) is 0 Å². The van der Waals surface area contributed by atoms with E-state index in [1.54, 1.807) is 49.4 Å². The topological polar surface area (TPSA) is 96.0 Å². The summed E-state index contributed by atoms with van der Waals surface area (Å²) in [6.45, 7) is 9.81. The lowest BCUT2D eigenvalue weighted by atomic mass is 10.1. The number of anilines is 1. The molecule has 37 heavy (non-hydrogen) atoms. The van der Waals surface area contributed by atoms with E-state index >= 15 is 0 Å². The van der Waals surface area contributed by atoms with E-state index in [1.165, 1.54) is 9.21 Å². The molecule has 2 aromatic rings. The molecule has 0 aliphatic carbocycles. The minimum Gasteiger partial charge on any atom is -0.492 e. The number of ether oxygens (including phenoxy) is 1. The van der Waals surface area contributed by atoms with Crippen LogP contribution in [0, 0.1) is 0 Å². The van der Waals surface area contributed by atoms with Gasteiger partial charge < -0.3 is 15.0 Å². The van der Waals surface area contributed by atoms with Crippen molar-refractivity contribution >= 4 is 39.1 Å². The fraction of sp³-hybridized carbons (Fsp3) is 0.481. The van der Waals surface area contributed by atoms with Crippen LogP contribution in [0.3, 0.4) is 0 Å². The molecule has 2 amide bonds. The molecule has 0 fully saturated rings. The summed E-state index contributed by atoms with van der Waals surface area (Å²) in [5, 5.41) is 3.46. The Hall–Kier alpha value is -2.78. The normalized spacial score (nSPS) is 12.5. The molecule has 0 unspecified atom stereocenters. The Morgan fingerprint density at radius 2 is 1.78 bits per heavy atom. The number of sulfonamides is 1. The van der Waals surface area contributed by atoms with Gasteiger partial charge in [-0.1, -0.05) is 35.9 Å². The Morgan fingerprint density at radius 1 is 1.11 bits per heavy atom. The van der Waals surface area contributed by atoms with Crippen LogP contribution in [-0.2, 0) is 26.2 Å². The minimum atomic E-state index is -3.63. The molecule has 0 aliphatic rings. The molecule has 0 radical (unpaired) electrons. The van der Waals surface area contributed by atoms with Crippen LogP contribution in [-0.4, -0.2) is 56.1 Å². The third kappa shape index (κ3) is 9.55. The summed E-state index contributed by atoms with van der Waals surface area (Å²) in [7, 11) is -3.63. The van der Waals surface area contributed by atoms with Crippen LogP contribution in [0.1, 0.15) is 53.0 Å². The van der Waals surface area contributed by atoms with Gasteiger partial charge in [-0.15, -0.1) is 0 Å². The van der Waals surface area contributed by atoms with Crippen LogP contribution < -0.4 is 14.4 Å². The predicted molar refractivity (Wildman–Crippen MR) is 148 cm³/mol. The number of hydrogen-bond acceptors (Lipinski definition) is 5. The number of carbonyl (C=O) groups is 2. The van der Waals surface area contributed by atoms with Gasteiger partial charge in [-0.3, -0.25) is 13.9 Å². The lowest BCUT2D eigenvalue weighted by Crippen LogP contribution is -2.52. The Labute approximate surface area is 226 Å². The zero-order valence-electron chi connectivity index (χ0n) is 22.5. The largest absolute Gasteiger partial charge is 0.492 e. The number of hydrogen-bond donors (Lipinski definition) is 1. The molecule has 0 aromatic heterocycles. The van der Waals surface area contributed by atoms with E-state index in [-0.39, 0.29) is 37.7 Å². The molecule has 0 saturated heterocycles. The van der Waals surface area contributed by atoms with Crippen LogP contribution >= 0.6 is 11.6 Å². The Bertz CT molecular complexity index is 1180. The van der Waals surface area contributed by atoms with Crippen molar-refractivity contribution in [2.45, 2.75) is 65.6 Å². The number of nitrogens with one attached hydrogen (secondary N) is 1. The molecule has 2 aromatic carbocycles. The highest BCUT2D eigenvalue weighted by Gasteiger charge is 2.29. The average Bonchev–Trinajstić information content (AvgIpc) is 2.78. The van der Waals surface area contributed by atoms with Crippen LogP contribution in [0.5, 0.6) is 5.75 Å². The van der Waals surface area contributed by atoms with Crippen molar-refractivity contribution in [1.29, 1.82) is 0 Å². The van der Waals surface area contributed by atoms with Crippen LogP contribution in [0.4, 0.5) is 5.69 Å². The Morgan fingerprint density at radius 3 is 2.38 bits per heavy atom. The first-order valence-corrected chi connectivity index (χ1v) is 14.5. The predicted octanol–water partition coefficient (Wildman–Crippen LogP) is 4.62. The SMILES string of the molecule is CCOc1ccccc1N(CCCC(=O)N(Cc1cccc(Cl)c1)[C@H](C)C(=O)NC(C)(C)C)S(C)(=O)=O. The molecule has 2 rings (SSSR count). The van der Waals surface area contributed by atoms with Gasteiger partial charge in [-0.2, -0.15) is 0 Å². The number of benzene rings is 2. The van der Waals surface area contributed by atoms with Crippen LogP contribution in [0.25, 0.3) is 0 Å². The molecule has 0 aliphatic heterocycles. The van der Waals surface area contributed by atoms with E-state index in [4.69, 9.17) is 16.3 Å². The van der Waals surface area contributed by atoms with Crippen molar-refractivity contribution < 1.29 is 22.7 Å². The molecule has 0 saturated carbocycles. The Kier molecular flexibility index (Phi) is 10.8. The van der Waals surface area contributed by atoms with Crippen molar-refractivity contribution in [2.24, 2.45) is 0 Å². The van der Waals surface area contributed by atoms with E-state index < -0.39 is 21.6 Å². The Balaban J connectivity index is 2.23. The molecule has 0 spiro atoms. The van der Waals surface area contributed by atoms with E-state index in [0.717, 1.165) is 11.8 Å². The van der Waals surface area contributed by atoms with E-state index in [9.17, 15) is 18.0 Å². The van der Waals surface area contributed by atoms with E-state index in [1.807, 2.05) is 33.8 Å². The quantitative estimate of drug-likeness (QED) is 0.415. The standard InChI is InChI=1S/C27H38ClN3O5S/c1-7-36-24-15-9-8-14-23(24)31(37(6,34)35)17-11-16-25(32)30(19-21-12-10-13-22(28)18-21)20(2)26(33)29-27(3,4)5/h8-10,12-15,18,20H,7,11,16-17,19H2,1-6H3,(H,29,33)/t20-/m1/s1. The lowest BCUT2D eigenvalue weighted by Gasteiger charge is -2.32. The monoisotopic (exact) mass is 551 g/mol. The minimum absolute atomic E-state index is 0.0521. The summed E-state index contributed by atoms with van der Waals surface area (Å²) in [6.07, 6.45) is 1.43. The van der Waals surface area contributed by atoms with Gasteiger partial charge in [0.2, 0.25) is 21.8 Å². The van der Waals surface area contributed by atoms with Crippen molar-refractivity contribution in [3.63, 3.8) is 0 Å². The van der Waals surface area contributed by atoms with Gasteiger partial charge >= 0.3 is 0 Å². The third-order valence-electron chi connectivity index (χ3n) is 5.49. The van der Waals surface area contributed by atoms with Crippen molar-refractivity contribution in [3.8, 4) is 5.75 Å². The van der Waals surface area contributed by atoms with E-state index in [2.05, 4.69) is 5.32 Å². The first-order chi connectivity index (χ1) is 17.2. The maximum Gasteiger partial charge on any atom is 0.242 e. The summed E-state index contributed by atoms with van der Waals surface area (Å²) < 4.78 is 32.1. The molecule has 1 N–H and O–H groups in total. The van der Waals surface area contributed by atoms with Gasteiger partial charge in [-0.05, 0) is 70.9 Å². The molecule has 204 valence electrons. The highest BCUT2D eigenvalue weighted by molar-refractivity contribution is 7.92. The maximum atomic E-state index is 13.4. The first kappa shape index (κ1) is 30.4. The van der Waals surface area contributed by atoms with Crippen molar-refractivity contribution in [3.05, 3.63) is 59.1 Å². The number of para-hydroxylation sites is 2. The summed E-state index contributed by atoms with van der Waals surface area (Å²) >= 11 is 6.14. The summed E-state index contributed by atoms with van der Waals surface area (Å²) in [5.41, 5.74) is 0.757. The highest BCUT2D eigenvalue weighted by Crippen LogP contribution is 2.30.